The van der Waals surface area contributed by atoms with Crippen LogP contribution in [0.25, 0.3) is 0 Å². The second kappa shape index (κ2) is 19.8. The second-order valence-electron chi connectivity index (χ2n) is 16.1. The number of benzene rings is 3. The summed E-state index contributed by atoms with van der Waals surface area (Å²) in [7, 11) is 0. The minimum Gasteiger partial charge on any atom is -0.459 e. The molecule has 58 heavy (non-hydrogen) atoms. The largest absolute Gasteiger partial charge is 0.459 e. The average molecular weight is 809 g/mol. The number of thioether (sulfide) groups is 1. The van der Waals surface area contributed by atoms with Crippen molar-refractivity contribution in [1.29, 1.82) is 0 Å². The van der Waals surface area contributed by atoms with Gasteiger partial charge in [0, 0.05) is 48.5 Å². The topological polar surface area (TPSA) is 110 Å². The van der Waals surface area contributed by atoms with E-state index in [4.69, 9.17) is 24.2 Å². The molecule has 3 aromatic carbocycles. The molecule has 10 heteroatoms. The SMILES string of the molecule is C=CCO[C@@]12Oc3ccc(Oc4ccc(SC)cc4)cc3[C@H]3[C@H](CCCCO)[C@@H](CCCCO)C=C(C(=NOCc4ccccc4)C[C@@H]1N(CCC)C(=O)C1CC1)[C@H]32. The Morgan fingerprint density at radius 3 is 2.43 bits per heavy atom. The van der Waals surface area contributed by atoms with Crippen LogP contribution in [0.4, 0.5) is 0 Å². The monoisotopic (exact) mass is 808 g/mol. The molecule has 0 spiro atoms. The van der Waals surface area contributed by atoms with Gasteiger partial charge in [-0.05, 0) is 117 Å². The van der Waals surface area contributed by atoms with Crippen molar-refractivity contribution in [3.05, 3.63) is 108 Å². The van der Waals surface area contributed by atoms with Gasteiger partial charge in [-0.15, -0.1) is 18.3 Å². The van der Waals surface area contributed by atoms with E-state index in [1.807, 2.05) is 59.5 Å². The molecule has 1 amide bonds. The number of ether oxygens (including phenoxy) is 3. The Kier molecular flexibility index (Phi) is 14.3. The van der Waals surface area contributed by atoms with Crippen LogP contribution >= 0.6 is 11.8 Å². The van der Waals surface area contributed by atoms with Crippen molar-refractivity contribution in [2.45, 2.75) is 100 Å². The minimum absolute atomic E-state index is 0.000444. The maximum atomic E-state index is 14.4. The predicted octanol–water partition coefficient (Wildman–Crippen LogP) is 9.68. The molecule has 7 rings (SSSR count). The van der Waals surface area contributed by atoms with Crippen molar-refractivity contribution in [2.24, 2.45) is 28.8 Å². The first-order chi connectivity index (χ1) is 28.4. The van der Waals surface area contributed by atoms with E-state index in [9.17, 15) is 15.0 Å². The van der Waals surface area contributed by atoms with E-state index in [0.29, 0.717) is 31.7 Å². The number of hydrogen-bond acceptors (Lipinski definition) is 9. The Bertz CT molecular complexity index is 1900. The zero-order chi connectivity index (χ0) is 40.5. The number of hydrogen-bond donors (Lipinski definition) is 2. The molecule has 2 saturated carbocycles. The van der Waals surface area contributed by atoms with Crippen LogP contribution in [0.1, 0.15) is 88.2 Å². The van der Waals surface area contributed by atoms with Crippen molar-refractivity contribution in [3.63, 3.8) is 0 Å². The fraction of sp³-hybridized carbons (Fsp3) is 0.500. The van der Waals surface area contributed by atoms with E-state index in [1.165, 1.54) is 0 Å². The lowest BCUT2D eigenvalue weighted by molar-refractivity contribution is -0.257. The molecule has 9 nitrogen and oxygen atoms in total. The standard InChI is InChI=1S/C48H60N2O7S/c1-4-25-50(47(53)34-17-18-34)44-31-42(49-55-32-33-13-7-6-8-14-33)40-29-35(15-9-11-26-51)39(16-10-12-27-52)45-41-30-37(56-36-19-22-38(58-3)23-20-36)21-24-43(41)57-48(44,46(40)45)54-28-5-2/h5-8,13-14,19-24,29-30,34-35,39,44-46,51-52H,2,4,9-12,15-18,25-28,31-32H2,1,3H3/t35-,39+,44-,45+,46+,48+/m0/s1. The van der Waals surface area contributed by atoms with E-state index < -0.39 is 11.8 Å². The Hall–Kier alpha value is -4.09. The summed E-state index contributed by atoms with van der Waals surface area (Å²) in [6.07, 6.45) is 14.1. The number of unbranched alkanes of at least 4 members (excludes halogenated alkanes) is 2. The average Bonchev–Trinajstić information content (AvgIpc) is 4.10. The van der Waals surface area contributed by atoms with Gasteiger partial charge in [0.25, 0.3) is 0 Å². The lowest BCUT2D eigenvalue weighted by atomic mass is 9.55. The van der Waals surface area contributed by atoms with Gasteiger partial charge in [-0.2, -0.15) is 0 Å². The van der Waals surface area contributed by atoms with Crippen molar-refractivity contribution >= 4 is 23.4 Å². The fourth-order valence-electron chi connectivity index (χ4n) is 9.48. The number of aliphatic hydroxyl groups excluding tert-OH is 2. The number of nitrogens with zero attached hydrogens (tertiary/aromatic N) is 2. The molecule has 310 valence electrons. The van der Waals surface area contributed by atoms with E-state index in [0.717, 1.165) is 90.2 Å². The number of allylic oxidation sites excluding steroid dienone is 1. The first kappa shape index (κ1) is 42.0. The van der Waals surface area contributed by atoms with Gasteiger partial charge in [0.15, 0.2) is 0 Å². The fourth-order valence-corrected chi connectivity index (χ4v) is 9.88. The van der Waals surface area contributed by atoms with Gasteiger partial charge < -0.3 is 34.2 Å². The zero-order valence-electron chi connectivity index (χ0n) is 34.1. The summed E-state index contributed by atoms with van der Waals surface area (Å²) >= 11 is 1.69. The maximum Gasteiger partial charge on any atom is 0.239 e. The highest BCUT2D eigenvalue weighted by molar-refractivity contribution is 7.98. The van der Waals surface area contributed by atoms with Crippen LogP contribution in [0.15, 0.2) is 107 Å². The number of oxime groups is 1. The first-order valence-corrected chi connectivity index (χ1v) is 22.5. The molecule has 0 unspecified atom stereocenters. The van der Waals surface area contributed by atoms with Crippen LogP contribution in [-0.4, -0.2) is 71.2 Å². The van der Waals surface area contributed by atoms with Gasteiger partial charge in [0.2, 0.25) is 11.7 Å². The molecule has 0 bridgehead atoms. The van der Waals surface area contributed by atoms with Crippen molar-refractivity contribution in [2.75, 3.05) is 32.6 Å². The van der Waals surface area contributed by atoms with Crippen LogP contribution < -0.4 is 9.47 Å². The third kappa shape index (κ3) is 9.20. The zero-order valence-corrected chi connectivity index (χ0v) is 34.9. The van der Waals surface area contributed by atoms with Crippen LogP contribution in [0.5, 0.6) is 17.2 Å². The highest BCUT2D eigenvalue weighted by atomic mass is 32.2. The van der Waals surface area contributed by atoms with Gasteiger partial charge >= 0.3 is 0 Å². The van der Waals surface area contributed by atoms with E-state index >= 15 is 0 Å². The molecule has 2 fully saturated rings. The van der Waals surface area contributed by atoms with Crippen LogP contribution in [0, 0.1) is 23.7 Å². The summed E-state index contributed by atoms with van der Waals surface area (Å²) in [5.41, 5.74) is 3.90. The lowest BCUT2D eigenvalue weighted by Gasteiger charge is -2.60. The molecule has 0 radical (unpaired) electrons. The maximum absolute atomic E-state index is 14.4. The predicted molar refractivity (Wildman–Crippen MR) is 229 cm³/mol. The Labute approximate surface area is 348 Å². The summed E-state index contributed by atoms with van der Waals surface area (Å²) in [5.74, 6) is 0.881. The normalized spacial score (nSPS) is 25.2. The molecule has 3 aromatic rings. The molecular formula is C48H60N2O7S. The molecule has 0 saturated heterocycles. The first-order valence-electron chi connectivity index (χ1n) is 21.3. The number of carbonyl (C=O) groups is 1. The summed E-state index contributed by atoms with van der Waals surface area (Å²) in [6, 6.07) is 23.8. The number of carbonyl (C=O) groups excluding carboxylic acids is 1. The Morgan fingerprint density at radius 2 is 1.74 bits per heavy atom. The highest BCUT2D eigenvalue weighted by Gasteiger charge is 2.65. The summed E-state index contributed by atoms with van der Waals surface area (Å²) < 4.78 is 21.0. The van der Waals surface area contributed by atoms with E-state index in [1.54, 1.807) is 17.8 Å². The molecule has 4 aliphatic rings. The number of rotatable bonds is 21. The lowest BCUT2D eigenvalue weighted by Crippen LogP contribution is -2.70. The van der Waals surface area contributed by atoms with Gasteiger partial charge in [-0.25, -0.2) is 0 Å². The molecule has 1 aliphatic heterocycles. The van der Waals surface area contributed by atoms with E-state index in [2.05, 4.69) is 44.0 Å². The van der Waals surface area contributed by atoms with Gasteiger partial charge in [-0.1, -0.05) is 67.4 Å². The smallest absolute Gasteiger partial charge is 0.239 e. The van der Waals surface area contributed by atoms with Crippen LogP contribution in [-0.2, 0) is 21.0 Å². The van der Waals surface area contributed by atoms with Crippen molar-refractivity contribution < 1.29 is 34.1 Å². The number of aliphatic hydroxyl groups is 2. The second-order valence-corrected chi connectivity index (χ2v) is 17.0. The molecule has 3 aliphatic carbocycles. The minimum atomic E-state index is -1.25. The molecule has 6 atom stereocenters. The summed E-state index contributed by atoms with van der Waals surface area (Å²) in [4.78, 5) is 23.9. The van der Waals surface area contributed by atoms with Gasteiger partial charge in [0.05, 0.1) is 18.2 Å². The molecule has 2 N–H and O–H groups in total. The third-order valence-corrected chi connectivity index (χ3v) is 13.0. The van der Waals surface area contributed by atoms with Crippen LogP contribution in [0.2, 0.25) is 0 Å². The van der Waals surface area contributed by atoms with Crippen LogP contribution in [0.3, 0.4) is 0 Å². The summed E-state index contributed by atoms with van der Waals surface area (Å²) in [6.45, 7) is 7.56. The third-order valence-electron chi connectivity index (χ3n) is 12.2. The van der Waals surface area contributed by atoms with E-state index in [-0.39, 0.29) is 55.3 Å². The van der Waals surface area contributed by atoms with Gasteiger partial charge in [-0.3, -0.25) is 4.79 Å². The number of fused-ring (bicyclic) bond motifs is 2. The molecule has 0 aromatic heterocycles. The van der Waals surface area contributed by atoms with Gasteiger partial charge in [0.1, 0.15) is 29.9 Å². The molecule has 1 heterocycles. The summed E-state index contributed by atoms with van der Waals surface area (Å²) in [5, 5.41) is 24.8. The van der Waals surface area contributed by atoms with Crippen molar-refractivity contribution in [3.8, 4) is 17.2 Å². The Balaban J connectivity index is 1.41. The Morgan fingerprint density at radius 1 is 1.00 bits per heavy atom. The van der Waals surface area contributed by atoms with Crippen molar-refractivity contribution in [1.82, 2.24) is 4.90 Å². The quantitative estimate of drug-likeness (QED) is 0.0474. The highest BCUT2D eigenvalue weighted by Crippen LogP contribution is 2.62. The number of amides is 1. The molecular weight excluding hydrogens is 749 g/mol.